The molecule has 1 saturated carbocycles. The number of hydrogen-bond donors (Lipinski definition) is 1. The molecule has 0 spiro atoms. The molecule has 1 atom stereocenters. The number of nitrogens with one attached hydrogen (secondary N) is 1. The molecule has 1 N–H and O–H groups in total. The highest BCUT2D eigenvalue weighted by Crippen LogP contribution is 2.27. The first-order valence-corrected chi connectivity index (χ1v) is 6.78. The predicted octanol–water partition coefficient (Wildman–Crippen LogP) is 2.81. The first kappa shape index (κ1) is 14.7. The second-order valence-corrected chi connectivity index (χ2v) is 5.42. The third-order valence-corrected chi connectivity index (χ3v) is 3.30. The van der Waals surface area contributed by atoms with E-state index in [4.69, 9.17) is 4.74 Å². The van der Waals surface area contributed by atoms with Gasteiger partial charge >= 0.3 is 0 Å². The molecule has 1 aromatic carbocycles. The SMILES string of the molecule is Cc1cc(OCC(C)CNC2CC2)c(F)cc1[N+](=O)[O-]. The fourth-order valence-corrected chi connectivity index (χ4v) is 1.90. The van der Waals surface area contributed by atoms with E-state index in [-0.39, 0.29) is 17.4 Å². The largest absolute Gasteiger partial charge is 0.490 e. The molecule has 1 aliphatic carbocycles. The van der Waals surface area contributed by atoms with Gasteiger partial charge in [0, 0.05) is 24.1 Å². The van der Waals surface area contributed by atoms with E-state index in [1.165, 1.54) is 18.9 Å². The Morgan fingerprint density at radius 3 is 2.85 bits per heavy atom. The van der Waals surface area contributed by atoms with E-state index in [1.54, 1.807) is 6.92 Å². The molecule has 110 valence electrons. The van der Waals surface area contributed by atoms with Gasteiger partial charge in [-0.1, -0.05) is 6.92 Å². The minimum atomic E-state index is -0.690. The van der Waals surface area contributed by atoms with E-state index >= 15 is 0 Å². The molecule has 0 amide bonds. The fourth-order valence-electron chi connectivity index (χ4n) is 1.90. The van der Waals surface area contributed by atoms with Gasteiger partial charge in [-0.2, -0.15) is 0 Å². The van der Waals surface area contributed by atoms with Crippen LogP contribution in [0.1, 0.15) is 25.3 Å². The zero-order chi connectivity index (χ0) is 14.7. The Balaban J connectivity index is 1.91. The zero-order valence-electron chi connectivity index (χ0n) is 11.7. The van der Waals surface area contributed by atoms with Gasteiger partial charge in [-0.05, 0) is 25.8 Å². The Morgan fingerprint density at radius 1 is 1.55 bits per heavy atom. The molecule has 1 fully saturated rings. The molecule has 1 aromatic rings. The van der Waals surface area contributed by atoms with Crippen LogP contribution in [0, 0.1) is 28.8 Å². The highest BCUT2D eigenvalue weighted by Gasteiger charge is 2.21. The van der Waals surface area contributed by atoms with Crippen molar-refractivity contribution < 1.29 is 14.1 Å². The first-order chi connectivity index (χ1) is 9.47. The summed E-state index contributed by atoms with van der Waals surface area (Å²) in [6.07, 6.45) is 2.45. The van der Waals surface area contributed by atoms with Crippen molar-refractivity contribution in [2.24, 2.45) is 5.92 Å². The summed E-state index contributed by atoms with van der Waals surface area (Å²) in [5, 5.41) is 14.1. The van der Waals surface area contributed by atoms with Crippen LogP contribution in [0.4, 0.5) is 10.1 Å². The summed E-state index contributed by atoms with van der Waals surface area (Å²) < 4.78 is 19.1. The summed E-state index contributed by atoms with van der Waals surface area (Å²) in [6.45, 7) is 4.81. The molecule has 0 bridgehead atoms. The van der Waals surface area contributed by atoms with Crippen LogP contribution in [-0.2, 0) is 0 Å². The van der Waals surface area contributed by atoms with Crippen molar-refractivity contribution >= 4 is 5.69 Å². The Kier molecular flexibility index (Phi) is 4.54. The number of rotatable bonds is 7. The van der Waals surface area contributed by atoms with Crippen LogP contribution in [0.5, 0.6) is 5.75 Å². The quantitative estimate of drug-likeness (QED) is 0.617. The van der Waals surface area contributed by atoms with Crippen molar-refractivity contribution in [3.63, 3.8) is 0 Å². The number of hydrogen-bond acceptors (Lipinski definition) is 4. The minimum Gasteiger partial charge on any atom is -0.490 e. The smallest absolute Gasteiger partial charge is 0.275 e. The zero-order valence-corrected chi connectivity index (χ0v) is 11.7. The van der Waals surface area contributed by atoms with Crippen LogP contribution in [0.25, 0.3) is 0 Å². The molecule has 0 aliphatic heterocycles. The van der Waals surface area contributed by atoms with Gasteiger partial charge in [-0.3, -0.25) is 10.1 Å². The van der Waals surface area contributed by atoms with E-state index < -0.39 is 10.7 Å². The van der Waals surface area contributed by atoms with Gasteiger partial charge < -0.3 is 10.1 Å². The van der Waals surface area contributed by atoms with Crippen LogP contribution in [0.15, 0.2) is 12.1 Å². The molecule has 0 radical (unpaired) electrons. The van der Waals surface area contributed by atoms with Crippen molar-refractivity contribution in [1.29, 1.82) is 0 Å². The summed E-state index contributed by atoms with van der Waals surface area (Å²) >= 11 is 0. The van der Waals surface area contributed by atoms with Gasteiger partial charge in [0.2, 0.25) is 0 Å². The number of nitrogens with zero attached hydrogens (tertiary/aromatic N) is 1. The van der Waals surface area contributed by atoms with Gasteiger partial charge in [-0.25, -0.2) is 4.39 Å². The van der Waals surface area contributed by atoms with Crippen LogP contribution in [0.3, 0.4) is 0 Å². The lowest BCUT2D eigenvalue weighted by Crippen LogP contribution is -2.26. The molecule has 0 heterocycles. The number of nitro groups is 1. The second kappa shape index (κ2) is 6.17. The summed E-state index contributed by atoms with van der Waals surface area (Å²) in [5.74, 6) is -0.360. The number of ether oxygens (including phenoxy) is 1. The monoisotopic (exact) mass is 282 g/mol. The molecular weight excluding hydrogens is 263 g/mol. The highest BCUT2D eigenvalue weighted by molar-refractivity contribution is 5.45. The van der Waals surface area contributed by atoms with Crippen LogP contribution in [0.2, 0.25) is 0 Å². The lowest BCUT2D eigenvalue weighted by molar-refractivity contribution is -0.385. The molecule has 1 aliphatic rings. The molecule has 2 rings (SSSR count). The van der Waals surface area contributed by atoms with Crippen LogP contribution >= 0.6 is 0 Å². The normalized spacial score (nSPS) is 15.9. The Labute approximate surface area is 117 Å². The third kappa shape index (κ3) is 3.90. The van der Waals surface area contributed by atoms with E-state index in [9.17, 15) is 14.5 Å². The van der Waals surface area contributed by atoms with Gasteiger partial charge in [0.15, 0.2) is 11.6 Å². The van der Waals surface area contributed by atoms with E-state index in [0.29, 0.717) is 18.2 Å². The Morgan fingerprint density at radius 2 is 2.25 bits per heavy atom. The molecule has 1 unspecified atom stereocenters. The van der Waals surface area contributed by atoms with E-state index in [0.717, 1.165) is 12.6 Å². The van der Waals surface area contributed by atoms with Gasteiger partial charge in [-0.15, -0.1) is 0 Å². The topological polar surface area (TPSA) is 64.4 Å². The van der Waals surface area contributed by atoms with Gasteiger partial charge in [0.25, 0.3) is 5.69 Å². The molecule has 20 heavy (non-hydrogen) atoms. The molecule has 6 heteroatoms. The molecular formula is C14H19FN2O3. The van der Waals surface area contributed by atoms with Gasteiger partial charge in [0.1, 0.15) is 0 Å². The van der Waals surface area contributed by atoms with Crippen molar-refractivity contribution in [3.05, 3.63) is 33.6 Å². The van der Waals surface area contributed by atoms with Crippen molar-refractivity contribution in [2.45, 2.75) is 32.7 Å². The summed E-state index contributed by atoms with van der Waals surface area (Å²) in [7, 11) is 0. The number of nitro benzene ring substituents is 1. The summed E-state index contributed by atoms with van der Waals surface area (Å²) in [6, 6.07) is 2.93. The average Bonchev–Trinajstić information content (AvgIpc) is 3.20. The summed E-state index contributed by atoms with van der Waals surface area (Å²) in [4.78, 5) is 10.1. The van der Waals surface area contributed by atoms with Crippen molar-refractivity contribution in [2.75, 3.05) is 13.2 Å². The standard InChI is InChI=1S/C14H19FN2O3/c1-9(7-16-11-3-4-11)8-20-14-5-10(2)13(17(18)19)6-12(14)15/h5-6,9,11,16H,3-4,7-8H2,1-2H3. The van der Waals surface area contributed by atoms with Crippen molar-refractivity contribution in [3.8, 4) is 5.75 Å². The maximum Gasteiger partial charge on any atom is 0.275 e. The lowest BCUT2D eigenvalue weighted by Gasteiger charge is -2.14. The average molecular weight is 282 g/mol. The number of aryl methyl sites for hydroxylation is 1. The van der Waals surface area contributed by atoms with E-state index in [2.05, 4.69) is 5.32 Å². The summed E-state index contributed by atoms with van der Waals surface area (Å²) in [5.41, 5.74) is 0.174. The highest BCUT2D eigenvalue weighted by atomic mass is 19.1. The predicted molar refractivity (Wildman–Crippen MR) is 73.5 cm³/mol. The first-order valence-electron chi connectivity index (χ1n) is 6.78. The van der Waals surface area contributed by atoms with Gasteiger partial charge in [0.05, 0.1) is 17.6 Å². The Bertz CT molecular complexity index is 503. The van der Waals surface area contributed by atoms with Crippen molar-refractivity contribution in [1.82, 2.24) is 5.32 Å². The Hall–Kier alpha value is -1.69. The number of benzene rings is 1. The van der Waals surface area contributed by atoms with Crippen LogP contribution in [-0.4, -0.2) is 24.1 Å². The second-order valence-electron chi connectivity index (χ2n) is 5.42. The molecule has 5 nitrogen and oxygen atoms in total. The van der Waals surface area contributed by atoms with Crippen LogP contribution < -0.4 is 10.1 Å². The molecule has 0 saturated heterocycles. The number of halogens is 1. The minimum absolute atomic E-state index is 0.0753. The third-order valence-electron chi connectivity index (χ3n) is 3.30. The maximum absolute atomic E-state index is 13.7. The maximum atomic E-state index is 13.7. The lowest BCUT2D eigenvalue weighted by atomic mass is 10.1. The fraction of sp³-hybridized carbons (Fsp3) is 0.571. The van der Waals surface area contributed by atoms with E-state index in [1.807, 2.05) is 6.92 Å². The molecule has 0 aromatic heterocycles.